The van der Waals surface area contributed by atoms with E-state index in [0.29, 0.717) is 5.75 Å². The average molecular weight is 272 g/mol. The molecule has 3 N–H and O–H groups in total. The zero-order valence-electron chi connectivity index (χ0n) is 10.2. The Hall–Kier alpha value is -1.24. The molecule has 0 radical (unpaired) electrons. The molecule has 0 heterocycles. The number of hydrogen-bond donors (Lipinski definition) is 3. The number of benzene rings is 1. The van der Waals surface area contributed by atoms with E-state index >= 15 is 0 Å². The normalized spacial score (nSPS) is 14.0. The Kier molecular flexibility index (Phi) is 5.46. The van der Waals surface area contributed by atoms with E-state index in [9.17, 15) is 20.1 Å². The van der Waals surface area contributed by atoms with Crippen LogP contribution in [0.25, 0.3) is 0 Å². The fraction of sp³-hybridized carbons (Fsp3) is 0.417. The highest BCUT2D eigenvalue weighted by atomic mass is 32.2. The van der Waals surface area contributed by atoms with Crippen molar-refractivity contribution in [2.45, 2.75) is 19.1 Å². The fourth-order valence-corrected chi connectivity index (χ4v) is 1.99. The quantitative estimate of drug-likeness (QED) is 0.743. The monoisotopic (exact) mass is 272 g/mol. The van der Waals surface area contributed by atoms with Gasteiger partial charge in [0.25, 0.3) is 0 Å². The molecule has 0 saturated carbocycles. The number of thioether (sulfide) groups is 1. The first-order valence-corrected chi connectivity index (χ1v) is 6.30. The van der Waals surface area contributed by atoms with Crippen molar-refractivity contribution in [3.63, 3.8) is 0 Å². The molecule has 2 atom stereocenters. The Morgan fingerprint density at radius 3 is 2.67 bits per heavy atom. The van der Waals surface area contributed by atoms with E-state index in [1.54, 1.807) is 6.07 Å². The van der Waals surface area contributed by atoms with E-state index in [-0.39, 0.29) is 22.2 Å². The van der Waals surface area contributed by atoms with Gasteiger partial charge in [-0.25, -0.2) is 0 Å². The van der Waals surface area contributed by atoms with Crippen LogP contribution in [-0.4, -0.2) is 39.4 Å². The molecule has 0 aliphatic heterocycles. The molecule has 0 saturated heterocycles. The summed E-state index contributed by atoms with van der Waals surface area (Å²) in [5, 5.41) is 29.1. The third-order valence-electron chi connectivity index (χ3n) is 2.38. The Morgan fingerprint density at radius 1 is 1.44 bits per heavy atom. The first-order chi connectivity index (χ1) is 8.45. The highest BCUT2D eigenvalue weighted by molar-refractivity contribution is 8.13. The van der Waals surface area contributed by atoms with E-state index in [1.807, 2.05) is 0 Å². The number of carbonyl (C=O) groups excluding carboxylic acids is 1. The first-order valence-electron chi connectivity index (χ1n) is 5.32. The number of hydrogen-bond acceptors (Lipinski definition) is 6. The second-order valence-electron chi connectivity index (χ2n) is 3.74. The van der Waals surface area contributed by atoms with Crippen molar-refractivity contribution in [1.82, 2.24) is 0 Å². The molecule has 18 heavy (non-hydrogen) atoms. The molecule has 0 aliphatic rings. The van der Waals surface area contributed by atoms with Crippen molar-refractivity contribution in [2.75, 3.05) is 12.9 Å². The summed E-state index contributed by atoms with van der Waals surface area (Å²) < 4.78 is 4.97. The first kappa shape index (κ1) is 14.8. The molecule has 0 spiro atoms. The molecular weight excluding hydrogens is 256 g/mol. The molecule has 0 bridgehead atoms. The van der Waals surface area contributed by atoms with Gasteiger partial charge in [-0.2, -0.15) is 0 Å². The second-order valence-corrected chi connectivity index (χ2v) is 4.94. The van der Waals surface area contributed by atoms with Gasteiger partial charge in [0.2, 0.25) is 0 Å². The van der Waals surface area contributed by atoms with E-state index in [2.05, 4.69) is 0 Å². The van der Waals surface area contributed by atoms with Gasteiger partial charge in [0.1, 0.15) is 17.6 Å². The zero-order valence-corrected chi connectivity index (χ0v) is 11.0. The standard InChI is InChI=1S/C12H16O5S/c1-7(13)18-6-11(15)12(16)9-5-8(17-2)3-4-10(9)14/h3-5,11-12,14-16H,6H2,1-2H3. The lowest BCUT2D eigenvalue weighted by Crippen LogP contribution is -2.21. The molecule has 1 aromatic carbocycles. The topological polar surface area (TPSA) is 87.0 Å². The number of aromatic hydroxyl groups is 1. The van der Waals surface area contributed by atoms with Gasteiger partial charge in [0, 0.05) is 18.2 Å². The van der Waals surface area contributed by atoms with Crippen molar-refractivity contribution >= 4 is 16.9 Å². The summed E-state index contributed by atoms with van der Waals surface area (Å²) in [7, 11) is 1.46. The third-order valence-corrected chi connectivity index (χ3v) is 3.29. The van der Waals surface area contributed by atoms with Crippen LogP contribution in [-0.2, 0) is 4.79 Å². The van der Waals surface area contributed by atoms with Crippen molar-refractivity contribution in [3.8, 4) is 11.5 Å². The molecular formula is C12H16O5S. The fourth-order valence-electron chi connectivity index (χ4n) is 1.40. The van der Waals surface area contributed by atoms with Crippen LogP contribution < -0.4 is 4.74 Å². The lowest BCUT2D eigenvalue weighted by atomic mass is 10.0. The maximum atomic E-state index is 10.8. The number of phenolic OH excluding ortho intramolecular Hbond substituents is 1. The van der Waals surface area contributed by atoms with Crippen LogP contribution in [0.2, 0.25) is 0 Å². The Labute approximate surface area is 109 Å². The molecule has 100 valence electrons. The number of carbonyl (C=O) groups is 1. The number of aliphatic hydroxyl groups is 2. The van der Waals surface area contributed by atoms with Gasteiger partial charge in [-0.15, -0.1) is 0 Å². The van der Waals surface area contributed by atoms with Gasteiger partial charge in [0.05, 0.1) is 13.2 Å². The van der Waals surface area contributed by atoms with Crippen molar-refractivity contribution in [3.05, 3.63) is 23.8 Å². The number of ether oxygens (including phenoxy) is 1. The summed E-state index contributed by atoms with van der Waals surface area (Å²) in [6, 6.07) is 4.37. The van der Waals surface area contributed by atoms with E-state index in [0.717, 1.165) is 11.8 Å². The van der Waals surface area contributed by atoms with Crippen LogP contribution in [0.1, 0.15) is 18.6 Å². The van der Waals surface area contributed by atoms with Crippen molar-refractivity contribution < 1.29 is 24.9 Å². The lowest BCUT2D eigenvalue weighted by molar-refractivity contribution is -0.109. The van der Waals surface area contributed by atoms with Crippen LogP contribution in [0.3, 0.4) is 0 Å². The zero-order chi connectivity index (χ0) is 13.7. The Bertz CT molecular complexity index is 421. The van der Waals surface area contributed by atoms with Gasteiger partial charge < -0.3 is 20.1 Å². The highest BCUT2D eigenvalue weighted by Gasteiger charge is 2.22. The molecule has 0 fully saturated rings. The van der Waals surface area contributed by atoms with Crippen LogP contribution in [0.4, 0.5) is 0 Å². The van der Waals surface area contributed by atoms with E-state index < -0.39 is 12.2 Å². The van der Waals surface area contributed by atoms with Crippen LogP contribution in [0.15, 0.2) is 18.2 Å². The van der Waals surface area contributed by atoms with Crippen molar-refractivity contribution in [1.29, 1.82) is 0 Å². The largest absolute Gasteiger partial charge is 0.508 e. The smallest absolute Gasteiger partial charge is 0.185 e. The summed E-state index contributed by atoms with van der Waals surface area (Å²) in [6.07, 6.45) is -2.41. The molecule has 0 aromatic heterocycles. The molecule has 1 aromatic rings. The number of phenols is 1. The van der Waals surface area contributed by atoms with Crippen molar-refractivity contribution in [2.24, 2.45) is 0 Å². The van der Waals surface area contributed by atoms with Crippen LogP contribution >= 0.6 is 11.8 Å². The van der Waals surface area contributed by atoms with Gasteiger partial charge in [-0.3, -0.25) is 4.79 Å². The minimum Gasteiger partial charge on any atom is -0.508 e. The number of methoxy groups -OCH3 is 1. The summed E-state index contributed by atoms with van der Waals surface area (Å²) >= 11 is 0.916. The molecule has 2 unspecified atom stereocenters. The SMILES string of the molecule is COc1ccc(O)c(C(O)C(O)CSC(C)=O)c1. The molecule has 1 rings (SSSR count). The molecule has 0 aliphatic carbocycles. The minimum absolute atomic E-state index is 0.0626. The molecule has 0 amide bonds. The average Bonchev–Trinajstić information content (AvgIpc) is 2.35. The summed E-state index contributed by atoms with van der Waals surface area (Å²) in [5.74, 6) is 0.399. The lowest BCUT2D eigenvalue weighted by Gasteiger charge is -2.18. The van der Waals surface area contributed by atoms with Crippen LogP contribution in [0.5, 0.6) is 11.5 Å². The Morgan fingerprint density at radius 2 is 2.11 bits per heavy atom. The van der Waals surface area contributed by atoms with E-state index in [4.69, 9.17) is 4.74 Å². The number of aliphatic hydroxyl groups excluding tert-OH is 2. The summed E-state index contributed by atoms with van der Waals surface area (Å²) in [5.41, 5.74) is 0.172. The second kappa shape index (κ2) is 6.63. The van der Waals surface area contributed by atoms with E-state index in [1.165, 1.54) is 26.2 Å². The minimum atomic E-state index is -1.27. The Balaban J connectivity index is 2.81. The predicted molar refractivity (Wildman–Crippen MR) is 68.8 cm³/mol. The molecule has 5 nitrogen and oxygen atoms in total. The van der Waals surface area contributed by atoms with Gasteiger partial charge >= 0.3 is 0 Å². The number of rotatable bonds is 5. The third kappa shape index (κ3) is 3.90. The van der Waals surface area contributed by atoms with Gasteiger partial charge in [-0.1, -0.05) is 11.8 Å². The highest BCUT2D eigenvalue weighted by Crippen LogP contribution is 2.31. The maximum absolute atomic E-state index is 10.8. The van der Waals surface area contributed by atoms with Gasteiger partial charge in [-0.05, 0) is 18.2 Å². The van der Waals surface area contributed by atoms with Crippen LogP contribution in [0, 0.1) is 0 Å². The summed E-state index contributed by atoms with van der Waals surface area (Å²) in [6.45, 7) is 1.38. The predicted octanol–water partition coefficient (Wildman–Crippen LogP) is 1.07. The maximum Gasteiger partial charge on any atom is 0.185 e. The summed E-state index contributed by atoms with van der Waals surface area (Å²) in [4.78, 5) is 10.8. The molecule has 6 heteroatoms. The van der Waals surface area contributed by atoms with Gasteiger partial charge in [0.15, 0.2) is 5.12 Å².